The van der Waals surface area contributed by atoms with Crippen molar-refractivity contribution in [2.24, 2.45) is 0 Å². The fourth-order valence-electron chi connectivity index (χ4n) is 2.13. The Labute approximate surface area is 121 Å². The minimum Gasteiger partial charge on any atom is -0.497 e. The van der Waals surface area contributed by atoms with E-state index in [-0.39, 0.29) is 0 Å². The van der Waals surface area contributed by atoms with Gasteiger partial charge in [0.1, 0.15) is 5.75 Å². The molecule has 0 fully saturated rings. The Balaban J connectivity index is 1.82. The van der Waals surface area contributed by atoms with Gasteiger partial charge in [0.25, 0.3) is 0 Å². The minimum absolute atomic E-state index is 0.814. The summed E-state index contributed by atoms with van der Waals surface area (Å²) in [6.07, 6.45) is 1.04. The van der Waals surface area contributed by atoms with Crippen LogP contribution in [0.25, 0.3) is 0 Å². The van der Waals surface area contributed by atoms with Crippen LogP contribution in [0.4, 0.5) is 5.69 Å². The van der Waals surface area contributed by atoms with E-state index in [4.69, 9.17) is 10.5 Å². The van der Waals surface area contributed by atoms with Crippen LogP contribution in [0.2, 0.25) is 0 Å². The van der Waals surface area contributed by atoms with E-state index in [1.165, 1.54) is 11.1 Å². The molecule has 0 bridgehead atoms. The van der Waals surface area contributed by atoms with Crippen LogP contribution in [0.1, 0.15) is 11.1 Å². The molecule has 0 aromatic heterocycles. The first-order chi connectivity index (χ1) is 9.67. The summed E-state index contributed by atoms with van der Waals surface area (Å²) in [7, 11) is 3.83. The highest BCUT2D eigenvalue weighted by atomic mass is 16.5. The molecule has 0 saturated heterocycles. The second-order valence-corrected chi connectivity index (χ2v) is 5.08. The molecule has 0 aliphatic rings. The molecule has 20 heavy (non-hydrogen) atoms. The molecular weight excluding hydrogens is 248 g/mol. The Hall–Kier alpha value is -2.00. The molecule has 2 rings (SSSR count). The normalized spacial score (nSPS) is 10.8. The van der Waals surface area contributed by atoms with Crippen molar-refractivity contribution in [3.8, 4) is 5.75 Å². The molecule has 3 nitrogen and oxygen atoms in total. The fourth-order valence-corrected chi connectivity index (χ4v) is 2.13. The Morgan fingerprint density at radius 1 is 0.950 bits per heavy atom. The molecule has 0 spiro atoms. The maximum absolute atomic E-state index is 5.69. The molecule has 3 heteroatoms. The number of hydrogen-bond donors (Lipinski definition) is 1. The summed E-state index contributed by atoms with van der Waals surface area (Å²) >= 11 is 0. The second-order valence-electron chi connectivity index (χ2n) is 5.08. The minimum atomic E-state index is 0.814. The van der Waals surface area contributed by atoms with Crippen LogP contribution >= 0.6 is 0 Å². The molecule has 106 valence electrons. The quantitative estimate of drug-likeness (QED) is 0.820. The molecular formula is C17H22N2O. The number of likely N-dealkylation sites (N-methyl/N-ethyl adjacent to an activating group) is 1. The highest BCUT2D eigenvalue weighted by molar-refractivity contribution is 5.39. The topological polar surface area (TPSA) is 38.5 Å². The Kier molecular flexibility index (Phi) is 5.02. The van der Waals surface area contributed by atoms with E-state index in [2.05, 4.69) is 36.2 Å². The van der Waals surface area contributed by atoms with Crippen molar-refractivity contribution < 1.29 is 4.74 Å². The smallest absolute Gasteiger partial charge is 0.118 e. The Bertz CT molecular complexity index is 520. The lowest BCUT2D eigenvalue weighted by Crippen LogP contribution is -2.20. The van der Waals surface area contributed by atoms with Crippen LogP contribution in [-0.2, 0) is 13.0 Å². The van der Waals surface area contributed by atoms with Gasteiger partial charge in [-0.15, -0.1) is 0 Å². The fraction of sp³-hybridized carbons (Fsp3) is 0.294. The van der Waals surface area contributed by atoms with Gasteiger partial charge in [0, 0.05) is 18.8 Å². The van der Waals surface area contributed by atoms with E-state index in [1.807, 2.05) is 24.3 Å². The summed E-state index contributed by atoms with van der Waals surface area (Å²) < 4.78 is 5.16. The van der Waals surface area contributed by atoms with E-state index < -0.39 is 0 Å². The average Bonchev–Trinajstić information content (AvgIpc) is 2.48. The highest BCUT2D eigenvalue weighted by Crippen LogP contribution is 2.12. The van der Waals surface area contributed by atoms with Crippen LogP contribution < -0.4 is 10.5 Å². The van der Waals surface area contributed by atoms with Crippen LogP contribution in [0.15, 0.2) is 48.5 Å². The first-order valence-electron chi connectivity index (χ1n) is 6.83. The Morgan fingerprint density at radius 3 is 2.15 bits per heavy atom. The van der Waals surface area contributed by atoms with E-state index in [0.29, 0.717) is 0 Å². The molecule has 0 aliphatic heterocycles. The molecule has 0 unspecified atom stereocenters. The van der Waals surface area contributed by atoms with E-state index in [1.54, 1.807) is 7.11 Å². The summed E-state index contributed by atoms with van der Waals surface area (Å²) in [6, 6.07) is 16.3. The summed E-state index contributed by atoms with van der Waals surface area (Å²) in [5.41, 5.74) is 9.12. The number of rotatable bonds is 6. The summed E-state index contributed by atoms with van der Waals surface area (Å²) in [5, 5.41) is 0. The lowest BCUT2D eigenvalue weighted by molar-refractivity contribution is 0.331. The van der Waals surface area contributed by atoms with Crippen molar-refractivity contribution in [2.45, 2.75) is 13.0 Å². The van der Waals surface area contributed by atoms with Crippen LogP contribution in [0.5, 0.6) is 5.75 Å². The molecule has 2 aromatic carbocycles. The number of nitrogens with zero attached hydrogens (tertiary/aromatic N) is 1. The van der Waals surface area contributed by atoms with Crippen LogP contribution in [-0.4, -0.2) is 25.6 Å². The number of anilines is 1. The highest BCUT2D eigenvalue weighted by Gasteiger charge is 2.01. The largest absolute Gasteiger partial charge is 0.497 e. The van der Waals surface area contributed by atoms with Crippen molar-refractivity contribution in [1.29, 1.82) is 0 Å². The third-order valence-corrected chi connectivity index (χ3v) is 3.37. The number of methoxy groups -OCH3 is 1. The molecule has 0 heterocycles. The van der Waals surface area contributed by atoms with Gasteiger partial charge >= 0.3 is 0 Å². The molecule has 2 N–H and O–H groups in total. The number of benzene rings is 2. The maximum atomic E-state index is 5.69. The number of ether oxygens (including phenoxy) is 1. The van der Waals surface area contributed by atoms with E-state index in [9.17, 15) is 0 Å². The van der Waals surface area contributed by atoms with E-state index >= 15 is 0 Å². The molecule has 0 aliphatic carbocycles. The summed E-state index contributed by atoms with van der Waals surface area (Å²) in [4.78, 5) is 2.32. The molecule has 0 radical (unpaired) electrons. The first-order valence-corrected chi connectivity index (χ1v) is 6.83. The average molecular weight is 270 g/mol. The first kappa shape index (κ1) is 14.4. The molecule has 2 aromatic rings. The van der Waals surface area contributed by atoms with Crippen molar-refractivity contribution in [3.05, 3.63) is 59.7 Å². The van der Waals surface area contributed by atoms with E-state index in [0.717, 1.165) is 30.9 Å². The van der Waals surface area contributed by atoms with Crippen molar-refractivity contribution >= 4 is 5.69 Å². The van der Waals surface area contributed by atoms with Gasteiger partial charge < -0.3 is 15.4 Å². The third-order valence-electron chi connectivity index (χ3n) is 3.37. The molecule has 0 atom stereocenters. The SMILES string of the molecule is COc1ccc(CCN(C)Cc2ccc(N)cc2)cc1. The van der Waals surface area contributed by atoms with Crippen LogP contribution in [0.3, 0.4) is 0 Å². The van der Waals surface area contributed by atoms with Gasteiger partial charge in [0.15, 0.2) is 0 Å². The monoisotopic (exact) mass is 270 g/mol. The lowest BCUT2D eigenvalue weighted by Gasteiger charge is -2.17. The van der Waals surface area contributed by atoms with Gasteiger partial charge in [0.05, 0.1) is 7.11 Å². The number of nitrogens with two attached hydrogens (primary N) is 1. The summed E-state index contributed by atoms with van der Waals surface area (Å²) in [5.74, 6) is 0.906. The summed E-state index contributed by atoms with van der Waals surface area (Å²) in [6.45, 7) is 1.97. The zero-order valence-corrected chi connectivity index (χ0v) is 12.2. The van der Waals surface area contributed by atoms with Gasteiger partial charge in [-0.2, -0.15) is 0 Å². The standard InChI is InChI=1S/C17H22N2O/c1-19(13-15-3-7-16(18)8-4-15)12-11-14-5-9-17(20-2)10-6-14/h3-10H,11-13,18H2,1-2H3. The third kappa shape index (κ3) is 4.28. The zero-order chi connectivity index (χ0) is 14.4. The molecule has 0 amide bonds. The van der Waals surface area contributed by atoms with Crippen LogP contribution in [0, 0.1) is 0 Å². The second kappa shape index (κ2) is 6.96. The molecule has 0 saturated carbocycles. The predicted molar refractivity (Wildman–Crippen MR) is 83.9 cm³/mol. The Morgan fingerprint density at radius 2 is 1.55 bits per heavy atom. The number of nitrogen functional groups attached to an aromatic ring is 1. The van der Waals surface area contributed by atoms with Gasteiger partial charge in [-0.25, -0.2) is 0 Å². The number of hydrogen-bond acceptors (Lipinski definition) is 3. The van der Waals surface area contributed by atoms with Gasteiger partial charge in [-0.3, -0.25) is 0 Å². The van der Waals surface area contributed by atoms with Crippen molar-refractivity contribution in [1.82, 2.24) is 4.90 Å². The van der Waals surface area contributed by atoms with Crippen molar-refractivity contribution in [2.75, 3.05) is 26.4 Å². The van der Waals surface area contributed by atoms with Gasteiger partial charge in [-0.05, 0) is 48.9 Å². The predicted octanol–water partition coefficient (Wildman–Crippen LogP) is 2.95. The maximum Gasteiger partial charge on any atom is 0.118 e. The zero-order valence-electron chi connectivity index (χ0n) is 12.2. The van der Waals surface area contributed by atoms with Crippen molar-refractivity contribution in [3.63, 3.8) is 0 Å². The lowest BCUT2D eigenvalue weighted by atomic mass is 10.1. The van der Waals surface area contributed by atoms with Gasteiger partial charge in [-0.1, -0.05) is 24.3 Å². The van der Waals surface area contributed by atoms with Gasteiger partial charge in [0.2, 0.25) is 0 Å².